The van der Waals surface area contributed by atoms with Crippen LogP contribution in [0.3, 0.4) is 0 Å². The molecule has 0 aromatic carbocycles. The van der Waals surface area contributed by atoms with Gasteiger partial charge in [-0.2, -0.15) is 0 Å². The molecule has 68 valence electrons. The second-order valence-electron chi connectivity index (χ2n) is 2.15. The molecule has 5 nitrogen and oxygen atoms in total. The Kier molecular flexibility index (Phi) is 4.94. The van der Waals surface area contributed by atoms with Crippen LogP contribution >= 0.6 is 12.2 Å². The zero-order valence-electron chi connectivity index (χ0n) is 6.53. The van der Waals surface area contributed by atoms with E-state index in [0.717, 1.165) is 0 Å². The smallest absolute Gasteiger partial charge is 0.322 e. The molecule has 6 heteroatoms. The summed E-state index contributed by atoms with van der Waals surface area (Å²) >= 11 is 4.67. The summed E-state index contributed by atoms with van der Waals surface area (Å²) in [5.41, 5.74) is 0. The van der Waals surface area contributed by atoms with E-state index in [1.165, 1.54) is 0 Å². The van der Waals surface area contributed by atoms with Crippen molar-refractivity contribution in [2.75, 3.05) is 6.54 Å². The van der Waals surface area contributed by atoms with E-state index in [-0.39, 0.29) is 11.7 Å². The van der Waals surface area contributed by atoms with Gasteiger partial charge in [-0.1, -0.05) is 0 Å². The topological polar surface area (TPSA) is 78.4 Å². The lowest BCUT2D eigenvalue weighted by Gasteiger charge is -2.10. The Morgan fingerprint density at radius 2 is 2.33 bits per heavy atom. The van der Waals surface area contributed by atoms with Gasteiger partial charge in [0.15, 0.2) is 5.11 Å². The van der Waals surface area contributed by atoms with Crippen LogP contribution in [0.1, 0.15) is 6.92 Å². The number of aldehydes is 1. The quantitative estimate of drug-likeness (QED) is 0.395. The Morgan fingerprint density at radius 3 is 2.75 bits per heavy atom. The second kappa shape index (κ2) is 5.48. The van der Waals surface area contributed by atoms with Crippen molar-refractivity contribution >= 4 is 29.6 Å². The van der Waals surface area contributed by atoms with E-state index in [9.17, 15) is 9.59 Å². The first-order chi connectivity index (χ1) is 5.56. The molecule has 0 radical (unpaired) electrons. The average Bonchev–Trinajstić information content (AvgIpc) is 2.00. The van der Waals surface area contributed by atoms with Crippen molar-refractivity contribution in [2.24, 2.45) is 0 Å². The molecule has 0 saturated heterocycles. The SMILES string of the molecule is CC(C=O)NC(=S)NCC(=O)O. The first-order valence-electron chi connectivity index (χ1n) is 3.27. The third-order valence-corrected chi connectivity index (χ3v) is 1.23. The molecule has 0 aliphatic rings. The van der Waals surface area contributed by atoms with Crippen LogP contribution in [0.15, 0.2) is 0 Å². The molecule has 0 bridgehead atoms. The number of nitrogens with one attached hydrogen (secondary N) is 2. The summed E-state index contributed by atoms with van der Waals surface area (Å²) in [5, 5.41) is 13.4. The number of carbonyl (C=O) groups is 2. The predicted octanol–water partition coefficient (Wildman–Crippen LogP) is -0.877. The molecule has 0 aliphatic heterocycles. The highest BCUT2D eigenvalue weighted by atomic mass is 32.1. The molecule has 0 fully saturated rings. The van der Waals surface area contributed by atoms with E-state index in [1.54, 1.807) is 6.92 Å². The standard InChI is InChI=1S/C6H10N2O3S/c1-4(3-9)8-6(12)7-2-5(10)11/h3-4H,2H2,1H3,(H,10,11)(H2,7,8,12). The summed E-state index contributed by atoms with van der Waals surface area (Å²) in [4.78, 5) is 20.2. The van der Waals surface area contributed by atoms with Crippen LogP contribution in [0.4, 0.5) is 0 Å². The maximum absolute atomic E-state index is 10.1. The zero-order chi connectivity index (χ0) is 9.56. The van der Waals surface area contributed by atoms with E-state index >= 15 is 0 Å². The van der Waals surface area contributed by atoms with Gasteiger partial charge in [0.25, 0.3) is 0 Å². The molecule has 0 aliphatic carbocycles. The van der Waals surface area contributed by atoms with Crippen LogP contribution in [0.25, 0.3) is 0 Å². The van der Waals surface area contributed by atoms with Crippen molar-refractivity contribution in [3.05, 3.63) is 0 Å². The highest BCUT2D eigenvalue weighted by Gasteiger charge is 2.02. The van der Waals surface area contributed by atoms with Gasteiger partial charge >= 0.3 is 5.97 Å². The van der Waals surface area contributed by atoms with E-state index < -0.39 is 12.0 Å². The number of hydrogen-bond donors (Lipinski definition) is 3. The first kappa shape index (κ1) is 10.8. The highest BCUT2D eigenvalue weighted by molar-refractivity contribution is 7.80. The van der Waals surface area contributed by atoms with E-state index in [4.69, 9.17) is 5.11 Å². The lowest BCUT2D eigenvalue weighted by Crippen LogP contribution is -2.42. The van der Waals surface area contributed by atoms with Gasteiger partial charge in [0, 0.05) is 0 Å². The lowest BCUT2D eigenvalue weighted by molar-refractivity contribution is -0.135. The van der Waals surface area contributed by atoms with Gasteiger partial charge < -0.3 is 20.5 Å². The molecule has 0 amide bonds. The monoisotopic (exact) mass is 190 g/mol. The van der Waals surface area contributed by atoms with Gasteiger partial charge in [0.2, 0.25) is 0 Å². The largest absolute Gasteiger partial charge is 0.480 e. The van der Waals surface area contributed by atoms with Crippen LogP contribution in [0.2, 0.25) is 0 Å². The first-order valence-corrected chi connectivity index (χ1v) is 3.68. The number of thiocarbonyl (C=S) groups is 1. The number of carboxylic acids is 1. The van der Waals surface area contributed by atoms with Gasteiger partial charge in [-0.25, -0.2) is 0 Å². The van der Waals surface area contributed by atoms with Crippen molar-refractivity contribution < 1.29 is 14.7 Å². The summed E-state index contributed by atoms with van der Waals surface area (Å²) < 4.78 is 0. The van der Waals surface area contributed by atoms with Gasteiger partial charge in [0.1, 0.15) is 12.8 Å². The molecule has 3 N–H and O–H groups in total. The third-order valence-electron chi connectivity index (χ3n) is 0.963. The Hall–Kier alpha value is -1.17. The second-order valence-corrected chi connectivity index (χ2v) is 2.55. The fraction of sp³-hybridized carbons (Fsp3) is 0.500. The van der Waals surface area contributed by atoms with Crippen LogP contribution in [0.5, 0.6) is 0 Å². The molecule has 0 saturated carbocycles. The van der Waals surface area contributed by atoms with Crippen molar-refractivity contribution in [3.8, 4) is 0 Å². The molecule has 0 rings (SSSR count). The van der Waals surface area contributed by atoms with Crippen molar-refractivity contribution in [3.63, 3.8) is 0 Å². The number of hydrogen-bond acceptors (Lipinski definition) is 3. The fourth-order valence-corrected chi connectivity index (χ4v) is 0.706. The van der Waals surface area contributed by atoms with Crippen LogP contribution in [0, 0.1) is 0 Å². The minimum atomic E-state index is -1.00. The summed E-state index contributed by atoms with van der Waals surface area (Å²) in [6.07, 6.45) is 0.675. The fourth-order valence-electron chi connectivity index (χ4n) is 0.448. The van der Waals surface area contributed by atoms with Crippen molar-refractivity contribution in [2.45, 2.75) is 13.0 Å². The van der Waals surface area contributed by atoms with Crippen molar-refractivity contribution in [1.29, 1.82) is 0 Å². The molecule has 0 aromatic rings. The summed E-state index contributed by atoms with van der Waals surface area (Å²) in [6.45, 7) is 1.36. The third kappa shape index (κ3) is 5.60. The maximum atomic E-state index is 10.1. The number of aliphatic carboxylic acids is 1. The minimum absolute atomic E-state index is 0.164. The van der Waals surface area contributed by atoms with Crippen LogP contribution in [-0.2, 0) is 9.59 Å². The molecule has 1 unspecified atom stereocenters. The van der Waals surface area contributed by atoms with Gasteiger partial charge in [-0.3, -0.25) is 4.79 Å². The summed E-state index contributed by atoms with van der Waals surface area (Å²) in [7, 11) is 0. The zero-order valence-corrected chi connectivity index (χ0v) is 7.35. The predicted molar refractivity (Wildman–Crippen MR) is 46.9 cm³/mol. The number of rotatable bonds is 4. The van der Waals surface area contributed by atoms with E-state index in [1.807, 2.05) is 0 Å². The van der Waals surface area contributed by atoms with Gasteiger partial charge in [-0.15, -0.1) is 0 Å². The molecular weight excluding hydrogens is 180 g/mol. The normalized spacial score (nSPS) is 11.4. The highest BCUT2D eigenvalue weighted by Crippen LogP contribution is 1.74. The number of carboxylic acid groups (broad SMARTS) is 1. The molecule has 1 atom stereocenters. The average molecular weight is 190 g/mol. The Morgan fingerprint density at radius 1 is 1.75 bits per heavy atom. The Balaban J connectivity index is 3.59. The minimum Gasteiger partial charge on any atom is -0.480 e. The van der Waals surface area contributed by atoms with Gasteiger partial charge in [0.05, 0.1) is 6.04 Å². The van der Waals surface area contributed by atoms with E-state index in [2.05, 4.69) is 22.9 Å². The lowest BCUT2D eigenvalue weighted by atomic mass is 10.4. The number of carbonyl (C=O) groups excluding carboxylic acids is 1. The molecular formula is C6H10N2O3S. The Bertz CT molecular complexity index is 195. The van der Waals surface area contributed by atoms with Crippen LogP contribution < -0.4 is 10.6 Å². The molecule has 0 heterocycles. The van der Waals surface area contributed by atoms with Crippen molar-refractivity contribution in [1.82, 2.24) is 10.6 Å². The van der Waals surface area contributed by atoms with Gasteiger partial charge in [-0.05, 0) is 19.1 Å². The van der Waals surface area contributed by atoms with E-state index in [0.29, 0.717) is 6.29 Å². The molecule has 0 aromatic heterocycles. The molecule has 12 heavy (non-hydrogen) atoms. The molecule has 0 spiro atoms. The summed E-state index contributed by atoms with van der Waals surface area (Å²) in [6, 6.07) is -0.404. The van der Waals surface area contributed by atoms with Crippen LogP contribution in [-0.4, -0.2) is 35.1 Å². The Labute approximate surface area is 75.1 Å². The summed E-state index contributed by atoms with van der Waals surface area (Å²) in [5.74, 6) is -1.00. The maximum Gasteiger partial charge on any atom is 0.322 e.